The van der Waals surface area contributed by atoms with Crippen LogP contribution in [0.4, 0.5) is 0 Å². The van der Waals surface area contributed by atoms with E-state index in [1.165, 1.54) is 0 Å². The fourth-order valence-corrected chi connectivity index (χ4v) is 2.84. The molecule has 0 aliphatic carbocycles. The second-order valence-electron chi connectivity index (χ2n) is 6.03. The molecule has 0 bridgehead atoms. The summed E-state index contributed by atoms with van der Waals surface area (Å²) in [6, 6.07) is 14.9. The Hall–Kier alpha value is -2.95. The minimum Gasteiger partial charge on any atom is -0.349 e. The molecule has 0 unspecified atom stereocenters. The number of nitrogens with one attached hydrogen (secondary N) is 1. The molecule has 5 heteroatoms. The SMILES string of the molecule is O=C(NC1CCN(C(=O)/C=C/c2ccccn2)CC1)c1ccccc1. The number of carbonyl (C=O) groups excluding carboxylic acids is 2. The van der Waals surface area contributed by atoms with E-state index in [4.69, 9.17) is 0 Å². The van der Waals surface area contributed by atoms with Gasteiger partial charge in [-0.25, -0.2) is 0 Å². The summed E-state index contributed by atoms with van der Waals surface area (Å²) in [5.74, 6) is -0.0705. The highest BCUT2D eigenvalue weighted by atomic mass is 16.2. The Kier molecular flexibility index (Phi) is 5.57. The topological polar surface area (TPSA) is 62.3 Å². The molecule has 3 rings (SSSR count). The number of pyridine rings is 1. The highest BCUT2D eigenvalue weighted by molar-refractivity contribution is 5.94. The van der Waals surface area contributed by atoms with Crippen molar-refractivity contribution in [2.45, 2.75) is 18.9 Å². The van der Waals surface area contributed by atoms with Crippen LogP contribution in [0.25, 0.3) is 6.08 Å². The zero-order chi connectivity index (χ0) is 17.5. The molecule has 2 heterocycles. The Bertz CT molecular complexity index is 736. The first-order valence-electron chi connectivity index (χ1n) is 8.46. The van der Waals surface area contributed by atoms with Gasteiger partial charge in [-0.2, -0.15) is 0 Å². The van der Waals surface area contributed by atoms with E-state index >= 15 is 0 Å². The van der Waals surface area contributed by atoms with E-state index in [0.717, 1.165) is 18.5 Å². The predicted molar refractivity (Wildman–Crippen MR) is 96.8 cm³/mol. The summed E-state index contributed by atoms with van der Waals surface area (Å²) in [6.07, 6.45) is 6.52. The van der Waals surface area contributed by atoms with Crippen LogP contribution in [0.5, 0.6) is 0 Å². The van der Waals surface area contributed by atoms with Gasteiger partial charge in [0.05, 0.1) is 5.69 Å². The number of rotatable bonds is 4. The van der Waals surface area contributed by atoms with Crippen LogP contribution in [0, 0.1) is 0 Å². The smallest absolute Gasteiger partial charge is 0.251 e. The summed E-state index contributed by atoms with van der Waals surface area (Å²) in [6.45, 7) is 1.29. The summed E-state index contributed by atoms with van der Waals surface area (Å²) in [7, 11) is 0. The Labute approximate surface area is 147 Å². The van der Waals surface area contributed by atoms with E-state index in [2.05, 4.69) is 10.3 Å². The fraction of sp³-hybridized carbons (Fsp3) is 0.250. The lowest BCUT2D eigenvalue weighted by Crippen LogP contribution is -2.46. The minimum absolute atomic E-state index is 0.0153. The zero-order valence-electron chi connectivity index (χ0n) is 14.0. The van der Waals surface area contributed by atoms with Crippen molar-refractivity contribution < 1.29 is 9.59 Å². The Morgan fingerprint density at radius 1 is 1.04 bits per heavy atom. The van der Waals surface area contributed by atoms with E-state index in [1.54, 1.807) is 30.5 Å². The van der Waals surface area contributed by atoms with Crippen molar-refractivity contribution in [3.05, 3.63) is 72.1 Å². The van der Waals surface area contributed by atoms with Gasteiger partial charge >= 0.3 is 0 Å². The summed E-state index contributed by atoms with van der Waals surface area (Å²) in [5, 5.41) is 3.05. The number of nitrogens with zero attached hydrogens (tertiary/aromatic N) is 2. The third-order valence-electron chi connectivity index (χ3n) is 4.26. The van der Waals surface area contributed by atoms with Gasteiger partial charge in [-0.05, 0) is 43.2 Å². The number of aromatic nitrogens is 1. The first-order valence-corrected chi connectivity index (χ1v) is 8.46. The van der Waals surface area contributed by atoms with E-state index in [0.29, 0.717) is 18.7 Å². The van der Waals surface area contributed by atoms with Crippen molar-refractivity contribution in [3.8, 4) is 0 Å². The molecule has 1 aliphatic heterocycles. The molecule has 1 saturated heterocycles. The van der Waals surface area contributed by atoms with Crippen LogP contribution in [0.15, 0.2) is 60.8 Å². The van der Waals surface area contributed by atoms with Crippen LogP contribution in [-0.2, 0) is 4.79 Å². The third kappa shape index (κ3) is 4.76. The summed E-state index contributed by atoms with van der Waals surface area (Å²) in [4.78, 5) is 30.4. The van der Waals surface area contributed by atoms with Gasteiger partial charge in [0.15, 0.2) is 0 Å². The standard InChI is InChI=1S/C20H21N3O2/c24-19(10-9-17-8-4-5-13-21-17)23-14-11-18(12-15-23)22-20(25)16-6-2-1-3-7-16/h1-10,13,18H,11-12,14-15H2,(H,22,25)/b10-9+. The molecule has 1 fully saturated rings. The average molecular weight is 335 g/mol. The number of amides is 2. The van der Waals surface area contributed by atoms with Gasteiger partial charge in [-0.15, -0.1) is 0 Å². The van der Waals surface area contributed by atoms with E-state index in [-0.39, 0.29) is 17.9 Å². The molecule has 0 radical (unpaired) electrons. The van der Waals surface area contributed by atoms with Crippen LogP contribution in [-0.4, -0.2) is 40.8 Å². The highest BCUT2D eigenvalue weighted by Crippen LogP contribution is 2.12. The summed E-state index contributed by atoms with van der Waals surface area (Å²) in [5.41, 5.74) is 1.43. The number of hydrogen-bond acceptors (Lipinski definition) is 3. The van der Waals surface area contributed by atoms with Crippen LogP contribution in [0.1, 0.15) is 28.9 Å². The second kappa shape index (κ2) is 8.24. The number of piperidine rings is 1. The second-order valence-corrected chi connectivity index (χ2v) is 6.03. The van der Waals surface area contributed by atoms with Gasteiger partial charge < -0.3 is 10.2 Å². The minimum atomic E-state index is -0.0552. The maximum absolute atomic E-state index is 12.2. The molecule has 128 valence electrons. The maximum Gasteiger partial charge on any atom is 0.251 e. The van der Waals surface area contributed by atoms with E-state index in [1.807, 2.05) is 41.3 Å². The predicted octanol–water partition coefficient (Wildman–Crippen LogP) is 2.52. The number of benzene rings is 1. The van der Waals surface area contributed by atoms with E-state index < -0.39 is 0 Å². The van der Waals surface area contributed by atoms with Crippen molar-refractivity contribution in [2.75, 3.05) is 13.1 Å². The van der Waals surface area contributed by atoms with Gasteiger partial charge in [0, 0.05) is 37.0 Å². The molecule has 0 spiro atoms. The largest absolute Gasteiger partial charge is 0.349 e. The van der Waals surface area contributed by atoms with E-state index in [9.17, 15) is 9.59 Å². The quantitative estimate of drug-likeness (QED) is 0.873. The van der Waals surface area contributed by atoms with Crippen molar-refractivity contribution in [1.82, 2.24) is 15.2 Å². The number of carbonyl (C=O) groups is 2. The average Bonchev–Trinajstić information content (AvgIpc) is 2.68. The molecule has 1 aromatic heterocycles. The van der Waals surface area contributed by atoms with Crippen LogP contribution in [0.2, 0.25) is 0 Å². The van der Waals surface area contributed by atoms with Crippen LogP contribution in [0.3, 0.4) is 0 Å². The van der Waals surface area contributed by atoms with Gasteiger partial charge in [-0.3, -0.25) is 14.6 Å². The normalized spacial score (nSPS) is 15.3. The van der Waals surface area contributed by atoms with Crippen LogP contribution >= 0.6 is 0 Å². The molecule has 2 aromatic rings. The van der Waals surface area contributed by atoms with Gasteiger partial charge in [-0.1, -0.05) is 24.3 Å². The van der Waals surface area contributed by atoms with Gasteiger partial charge in [0.1, 0.15) is 0 Å². The van der Waals surface area contributed by atoms with Crippen molar-refractivity contribution >= 4 is 17.9 Å². The van der Waals surface area contributed by atoms with Crippen molar-refractivity contribution in [3.63, 3.8) is 0 Å². The van der Waals surface area contributed by atoms with Crippen molar-refractivity contribution in [1.29, 1.82) is 0 Å². The highest BCUT2D eigenvalue weighted by Gasteiger charge is 2.23. The Morgan fingerprint density at radius 2 is 1.76 bits per heavy atom. The third-order valence-corrected chi connectivity index (χ3v) is 4.26. The molecule has 1 aliphatic rings. The number of likely N-dealkylation sites (tertiary alicyclic amines) is 1. The first kappa shape index (κ1) is 16.9. The summed E-state index contributed by atoms with van der Waals surface area (Å²) >= 11 is 0. The lowest BCUT2D eigenvalue weighted by molar-refractivity contribution is -0.126. The monoisotopic (exact) mass is 335 g/mol. The molecular formula is C20H21N3O2. The molecular weight excluding hydrogens is 314 g/mol. The Balaban J connectivity index is 1.47. The van der Waals surface area contributed by atoms with Gasteiger partial charge in [0.2, 0.25) is 5.91 Å². The molecule has 1 aromatic carbocycles. The molecule has 0 saturated carbocycles. The number of hydrogen-bond donors (Lipinski definition) is 1. The lowest BCUT2D eigenvalue weighted by Gasteiger charge is -2.31. The molecule has 0 atom stereocenters. The lowest BCUT2D eigenvalue weighted by atomic mass is 10.0. The molecule has 1 N–H and O–H groups in total. The zero-order valence-corrected chi connectivity index (χ0v) is 14.0. The fourth-order valence-electron chi connectivity index (χ4n) is 2.84. The first-order chi connectivity index (χ1) is 12.2. The van der Waals surface area contributed by atoms with Gasteiger partial charge in [0.25, 0.3) is 5.91 Å². The Morgan fingerprint density at radius 3 is 2.44 bits per heavy atom. The molecule has 2 amide bonds. The van der Waals surface area contributed by atoms with Crippen molar-refractivity contribution in [2.24, 2.45) is 0 Å². The molecule has 25 heavy (non-hydrogen) atoms. The maximum atomic E-state index is 12.2. The summed E-state index contributed by atoms with van der Waals surface area (Å²) < 4.78 is 0. The molecule has 5 nitrogen and oxygen atoms in total. The van der Waals surface area contributed by atoms with Crippen LogP contribution < -0.4 is 5.32 Å².